The molecule has 0 aliphatic heterocycles. The van der Waals surface area contributed by atoms with Crippen molar-refractivity contribution < 1.29 is 18.5 Å². The standard InChI is InChI=1S/C31H27FN8O6/c1-14-17-6-8-21(19(17)5-4-18(14)28-39-31(45)46-40-28)38-30(44)23-10-22(36-13-37-23)29(43)35-11-15-3-7-20(32)16(9-15)12-34-25-24(33-2)26(41)27(25)42/h3-5,7,9-10,13,21,33-34H,6,8,11-12H2,1-2H3,(H,35,43)(H,38,44)(H,39,40,45)/t21-/m0/s1. The van der Waals surface area contributed by atoms with Gasteiger partial charge in [-0.3, -0.25) is 28.7 Å². The van der Waals surface area contributed by atoms with Crippen molar-refractivity contribution in [2.75, 3.05) is 17.7 Å². The molecule has 0 bridgehead atoms. The third-order valence-corrected chi connectivity index (χ3v) is 8.01. The van der Waals surface area contributed by atoms with Crippen LogP contribution in [0.15, 0.2) is 61.6 Å². The van der Waals surface area contributed by atoms with Gasteiger partial charge in [0.05, 0.1) is 6.04 Å². The maximum Gasteiger partial charge on any atom is 0.439 e. The van der Waals surface area contributed by atoms with E-state index in [0.29, 0.717) is 24.2 Å². The van der Waals surface area contributed by atoms with Crippen molar-refractivity contribution in [2.24, 2.45) is 0 Å². The summed E-state index contributed by atoms with van der Waals surface area (Å²) >= 11 is 0. The monoisotopic (exact) mass is 626 g/mol. The van der Waals surface area contributed by atoms with Gasteiger partial charge in [0.2, 0.25) is 0 Å². The zero-order valence-electron chi connectivity index (χ0n) is 24.6. The maximum atomic E-state index is 14.4. The lowest BCUT2D eigenvalue weighted by molar-refractivity contribution is 0.0931. The Morgan fingerprint density at radius 3 is 2.50 bits per heavy atom. The first-order valence-corrected chi connectivity index (χ1v) is 14.3. The number of aromatic nitrogens is 4. The first kappa shape index (κ1) is 30.1. The SMILES string of the molecule is CNc1c(NCc2cc(CNC(=O)c3cc(C(=O)N[C@H]4CCc5c4ccc(-c4noc(=O)[nH]4)c5C)ncn3)ccc2F)c(=O)c1=O. The van der Waals surface area contributed by atoms with E-state index >= 15 is 0 Å². The Balaban J connectivity index is 1.08. The molecule has 0 saturated heterocycles. The van der Waals surface area contributed by atoms with Crippen molar-refractivity contribution in [1.29, 1.82) is 0 Å². The summed E-state index contributed by atoms with van der Waals surface area (Å²) in [7, 11) is 1.51. The Labute approximate surface area is 259 Å². The molecule has 2 heterocycles. The fourth-order valence-corrected chi connectivity index (χ4v) is 5.60. The van der Waals surface area contributed by atoms with Gasteiger partial charge in [0, 0.05) is 37.3 Å². The predicted molar refractivity (Wildman–Crippen MR) is 164 cm³/mol. The zero-order chi connectivity index (χ0) is 32.5. The quantitative estimate of drug-likeness (QED) is 0.142. The summed E-state index contributed by atoms with van der Waals surface area (Å²) in [6.07, 6.45) is 2.48. The minimum atomic E-state index is -0.674. The van der Waals surface area contributed by atoms with Crippen molar-refractivity contribution >= 4 is 23.2 Å². The number of carbonyl (C=O) groups excluding carboxylic acids is 2. The zero-order valence-corrected chi connectivity index (χ0v) is 24.6. The fraction of sp³-hybridized carbons (Fsp3) is 0.226. The summed E-state index contributed by atoms with van der Waals surface area (Å²) < 4.78 is 19.1. The molecule has 5 aromatic rings. The Morgan fingerprint density at radius 1 is 1.00 bits per heavy atom. The number of H-pyrrole nitrogens is 1. The largest absolute Gasteiger partial charge is 0.439 e. The number of nitrogens with zero attached hydrogens (tertiary/aromatic N) is 3. The number of carbonyl (C=O) groups is 2. The Kier molecular flexibility index (Phi) is 7.96. The number of halogens is 1. The first-order valence-electron chi connectivity index (χ1n) is 14.3. The van der Waals surface area contributed by atoms with E-state index in [2.05, 4.69) is 45.9 Å². The van der Waals surface area contributed by atoms with Crippen LogP contribution in [0.2, 0.25) is 0 Å². The van der Waals surface area contributed by atoms with E-state index in [1.807, 2.05) is 19.1 Å². The second-order valence-corrected chi connectivity index (χ2v) is 10.7. The molecule has 2 amide bonds. The van der Waals surface area contributed by atoms with E-state index in [4.69, 9.17) is 0 Å². The molecular formula is C31H27FN8O6. The molecular weight excluding hydrogens is 599 g/mol. The normalized spacial score (nSPS) is 13.8. The molecule has 2 aromatic heterocycles. The van der Waals surface area contributed by atoms with E-state index in [-0.39, 0.29) is 47.5 Å². The van der Waals surface area contributed by atoms with Gasteiger partial charge in [-0.1, -0.05) is 23.4 Å². The van der Waals surface area contributed by atoms with Gasteiger partial charge in [0.1, 0.15) is 34.9 Å². The van der Waals surface area contributed by atoms with Crippen LogP contribution in [0.5, 0.6) is 0 Å². The number of nitrogens with one attached hydrogen (secondary N) is 5. The summed E-state index contributed by atoms with van der Waals surface area (Å²) in [4.78, 5) is 71.4. The second-order valence-electron chi connectivity index (χ2n) is 10.7. The Morgan fingerprint density at radius 2 is 1.76 bits per heavy atom. The van der Waals surface area contributed by atoms with Crippen LogP contribution in [0.3, 0.4) is 0 Å². The second kappa shape index (κ2) is 12.2. The van der Waals surface area contributed by atoms with E-state index < -0.39 is 34.2 Å². The molecule has 14 nitrogen and oxygen atoms in total. The number of aromatic amines is 1. The average Bonchev–Trinajstić information content (AvgIpc) is 3.68. The van der Waals surface area contributed by atoms with Gasteiger partial charge in [0.15, 0.2) is 5.82 Å². The van der Waals surface area contributed by atoms with Crippen molar-refractivity contribution in [3.63, 3.8) is 0 Å². The summed E-state index contributed by atoms with van der Waals surface area (Å²) in [6, 6.07) is 8.97. The smallest absolute Gasteiger partial charge is 0.383 e. The van der Waals surface area contributed by atoms with E-state index in [9.17, 15) is 28.4 Å². The van der Waals surface area contributed by atoms with Crippen LogP contribution in [0, 0.1) is 12.7 Å². The minimum absolute atomic E-state index is 0.0107. The molecule has 6 rings (SSSR count). The summed E-state index contributed by atoms with van der Waals surface area (Å²) in [5, 5.41) is 14.9. The highest BCUT2D eigenvalue weighted by atomic mass is 19.1. The van der Waals surface area contributed by atoms with Gasteiger partial charge >= 0.3 is 5.76 Å². The lowest BCUT2D eigenvalue weighted by atomic mass is 9.97. The van der Waals surface area contributed by atoms with E-state index in [1.165, 1.54) is 31.3 Å². The summed E-state index contributed by atoms with van der Waals surface area (Å²) in [5.41, 5.74) is 3.36. The van der Waals surface area contributed by atoms with Crippen molar-refractivity contribution in [2.45, 2.75) is 38.9 Å². The molecule has 15 heteroatoms. The Hall–Kier alpha value is -5.99. The van der Waals surface area contributed by atoms with Crippen LogP contribution in [0.25, 0.3) is 11.4 Å². The van der Waals surface area contributed by atoms with Crippen molar-refractivity contribution in [3.05, 3.63) is 119 Å². The molecule has 0 spiro atoms. The maximum absolute atomic E-state index is 14.4. The number of amides is 2. The number of fused-ring (bicyclic) bond motifs is 1. The highest BCUT2D eigenvalue weighted by Gasteiger charge is 2.28. The van der Waals surface area contributed by atoms with Gasteiger partial charge in [0.25, 0.3) is 22.7 Å². The van der Waals surface area contributed by atoms with Crippen LogP contribution < -0.4 is 37.9 Å². The molecule has 0 radical (unpaired) electrons. The Bertz CT molecular complexity index is 2130. The van der Waals surface area contributed by atoms with Gasteiger partial charge < -0.3 is 21.3 Å². The molecule has 1 aliphatic rings. The third-order valence-electron chi connectivity index (χ3n) is 8.01. The number of hydrogen-bond donors (Lipinski definition) is 5. The van der Waals surface area contributed by atoms with Crippen LogP contribution in [-0.4, -0.2) is 39.0 Å². The molecule has 0 fully saturated rings. The van der Waals surface area contributed by atoms with Crippen LogP contribution in [0.4, 0.5) is 15.8 Å². The van der Waals surface area contributed by atoms with Crippen LogP contribution in [0.1, 0.15) is 61.3 Å². The molecule has 0 unspecified atom stereocenters. The lowest BCUT2D eigenvalue weighted by Gasteiger charge is -2.15. The van der Waals surface area contributed by atoms with Gasteiger partial charge in [-0.25, -0.2) is 19.2 Å². The molecule has 0 saturated carbocycles. The topological polar surface area (TPSA) is 201 Å². The average molecular weight is 627 g/mol. The summed E-state index contributed by atoms with van der Waals surface area (Å²) in [5.74, 6) is -1.87. The first-order chi connectivity index (χ1) is 22.1. The highest BCUT2D eigenvalue weighted by molar-refractivity contribution is 5.97. The van der Waals surface area contributed by atoms with E-state index in [1.54, 1.807) is 0 Å². The molecule has 3 aromatic carbocycles. The fourth-order valence-electron chi connectivity index (χ4n) is 5.60. The minimum Gasteiger partial charge on any atom is -0.383 e. The molecule has 234 valence electrons. The number of rotatable bonds is 10. The lowest BCUT2D eigenvalue weighted by Crippen LogP contribution is -2.36. The van der Waals surface area contributed by atoms with Gasteiger partial charge in [-0.05, 0) is 54.2 Å². The third kappa shape index (κ3) is 5.65. The molecule has 1 atom stereocenters. The number of benzene rings is 2. The van der Waals surface area contributed by atoms with Crippen LogP contribution >= 0.6 is 0 Å². The van der Waals surface area contributed by atoms with Crippen molar-refractivity contribution in [3.8, 4) is 11.4 Å². The predicted octanol–water partition coefficient (Wildman–Crippen LogP) is 1.86. The van der Waals surface area contributed by atoms with Gasteiger partial charge in [-0.2, -0.15) is 0 Å². The van der Waals surface area contributed by atoms with E-state index in [0.717, 1.165) is 28.6 Å². The van der Waals surface area contributed by atoms with Gasteiger partial charge in [-0.15, -0.1) is 0 Å². The highest BCUT2D eigenvalue weighted by Crippen LogP contribution is 2.37. The molecule has 1 aliphatic carbocycles. The molecule has 5 N–H and O–H groups in total. The molecule has 46 heavy (non-hydrogen) atoms. The summed E-state index contributed by atoms with van der Waals surface area (Å²) in [6.45, 7) is 1.90. The van der Waals surface area contributed by atoms with Crippen LogP contribution in [-0.2, 0) is 19.5 Å². The number of anilines is 2. The number of hydrogen-bond acceptors (Lipinski definition) is 11. The van der Waals surface area contributed by atoms with Crippen molar-refractivity contribution in [1.82, 2.24) is 30.7 Å².